The van der Waals surface area contributed by atoms with Crippen molar-refractivity contribution in [3.05, 3.63) is 53.6 Å². The molecule has 1 aromatic carbocycles. The van der Waals surface area contributed by atoms with E-state index in [2.05, 4.69) is 9.97 Å². The number of alkyl halides is 1. The molecule has 2 atom stereocenters. The van der Waals surface area contributed by atoms with Gasteiger partial charge in [0, 0.05) is 25.2 Å². The summed E-state index contributed by atoms with van der Waals surface area (Å²) < 4.78 is 56.0. The molecule has 0 spiro atoms. The third kappa shape index (κ3) is 3.34. The lowest BCUT2D eigenvalue weighted by Crippen LogP contribution is -2.50. The Kier molecular flexibility index (Phi) is 4.47. The summed E-state index contributed by atoms with van der Waals surface area (Å²) >= 11 is 0. The van der Waals surface area contributed by atoms with Gasteiger partial charge in [-0.25, -0.2) is 22.5 Å². The molecular weight excluding hydrogens is 362 g/mol. The highest BCUT2D eigenvalue weighted by Gasteiger charge is 2.29. The maximum absolute atomic E-state index is 13.8. The van der Waals surface area contributed by atoms with Crippen LogP contribution in [0.2, 0.25) is 0 Å². The quantitative estimate of drug-likeness (QED) is 0.711. The lowest BCUT2D eigenvalue weighted by Gasteiger charge is -2.34. The first-order valence-corrected chi connectivity index (χ1v) is 8.52. The van der Waals surface area contributed by atoms with Crippen LogP contribution in [-0.2, 0) is 6.54 Å². The third-order valence-electron chi connectivity index (χ3n) is 4.73. The molecule has 2 N–H and O–H groups in total. The van der Waals surface area contributed by atoms with Crippen LogP contribution in [0.4, 0.5) is 23.5 Å². The van der Waals surface area contributed by atoms with Gasteiger partial charge in [-0.05, 0) is 18.6 Å². The molecule has 5 nitrogen and oxygen atoms in total. The van der Waals surface area contributed by atoms with Gasteiger partial charge in [0.1, 0.15) is 12.0 Å². The number of hydrogen-bond donors (Lipinski definition) is 1. The number of imidazole rings is 1. The molecule has 142 valence electrons. The average molecular weight is 379 g/mol. The second-order valence-electron chi connectivity index (χ2n) is 6.64. The van der Waals surface area contributed by atoms with Crippen molar-refractivity contribution in [2.75, 3.05) is 18.0 Å². The Balaban J connectivity index is 1.80. The molecular formula is C18H17F4N5. The summed E-state index contributed by atoms with van der Waals surface area (Å²) in [4.78, 5) is 10.2. The average Bonchev–Trinajstić information content (AvgIpc) is 2.97. The Labute approximate surface area is 152 Å². The Bertz CT molecular complexity index is 972. The fourth-order valence-corrected chi connectivity index (χ4v) is 3.30. The molecule has 2 aromatic heterocycles. The molecule has 0 radical (unpaired) electrons. The van der Waals surface area contributed by atoms with Gasteiger partial charge in [0.25, 0.3) is 0 Å². The summed E-state index contributed by atoms with van der Waals surface area (Å²) in [5.41, 5.74) is 6.99. The van der Waals surface area contributed by atoms with Crippen LogP contribution < -0.4 is 10.6 Å². The molecule has 0 saturated carbocycles. The minimum absolute atomic E-state index is 0.169. The molecule has 0 unspecified atom stereocenters. The molecule has 27 heavy (non-hydrogen) atoms. The molecule has 0 amide bonds. The Morgan fingerprint density at radius 3 is 2.63 bits per heavy atom. The van der Waals surface area contributed by atoms with Crippen LogP contribution in [-0.4, -0.2) is 39.8 Å². The van der Waals surface area contributed by atoms with Gasteiger partial charge in [0.15, 0.2) is 11.6 Å². The van der Waals surface area contributed by atoms with E-state index in [0.29, 0.717) is 23.7 Å². The Morgan fingerprint density at radius 1 is 1.15 bits per heavy atom. The van der Waals surface area contributed by atoms with Crippen LogP contribution in [0.25, 0.3) is 11.0 Å². The fourth-order valence-electron chi connectivity index (χ4n) is 3.30. The number of benzene rings is 1. The highest BCUT2D eigenvalue weighted by Crippen LogP contribution is 2.28. The van der Waals surface area contributed by atoms with Crippen LogP contribution in [0.3, 0.4) is 0 Å². The van der Waals surface area contributed by atoms with E-state index < -0.39 is 29.7 Å². The third-order valence-corrected chi connectivity index (χ3v) is 4.73. The SMILES string of the molecule is N[C@@H]1CN(c2nc3cc(F)c(F)cc3n2Cc2ccc(F)cn2)CC[C@H]1F. The number of nitrogens with zero attached hydrogens (tertiary/aromatic N) is 4. The van der Waals surface area contributed by atoms with Crippen molar-refractivity contribution in [1.29, 1.82) is 0 Å². The largest absolute Gasteiger partial charge is 0.340 e. The number of halogens is 4. The van der Waals surface area contributed by atoms with E-state index in [-0.39, 0.29) is 25.0 Å². The lowest BCUT2D eigenvalue weighted by atomic mass is 10.1. The molecule has 1 aliphatic rings. The normalized spacial score (nSPS) is 20.4. The molecule has 1 saturated heterocycles. The van der Waals surface area contributed by atoms with Gasteiger partial charge in [-0.2, -0.15) is 0 Å². The Hall–Kier alpha value is -2.68. The van der Waals surface area contributed by atoms with Crippen molar-refractivity contribution < 1.29 is 17.6 Å². The second kappa shape index (κ2) is 6.80. The van der Waals surface area contributed by atoms with Crippen LogP contribution >= 0.6 is 0 Å². The standard InChI is InChI=1S/C18H17F4N5/c19-10-1-2-11(24-7-10)8-27-17-6-14(22)13(21)5-16(17)25-18(27)26-4-3-12(20)15(23)9-26/h1-2,5-7,12,15H,3-4,8-9,23H2/t12-,15-/m1/s1. The monoisotopic (exact) mass is 379 g/mol. The Morgan fingerprint density at radius 2 is 1.93 bits per heavy atom. The second-order valence-corrected chi connectivity index (χ2v) is 6.64. The number of hydrogen-bond acceptors (Lipinski definition) is 4. The smallest absolute Gasteiger partial charge is 0.206 e. The molecule has 3 aromatic rings. The molecule has 1 aliphatic heterocycles. The van der Waals surface area contributed by atoms with Gasteiger partial charge in [0.05, 0.1) is 35.5 Å². The van der Waals surface area contributed by atoms with E-state index in [0.717, 1.165) is 18.3 Å². The lowest BCUT2D eigenvalue weighted by molar-refractivity contribution is 0.243. The first-order valence-electron chi connectivity index (χ1n) is 8.52. The van der Waals surface area contributed by atoms with E-state index >= 15 is 0 Å². The zero-order valence-electron chi connectivity index (χ0n) is 14.2. The number of anilines is 1. The first kappa shape index (κ1) is 17.7. The van der Waals surface area contributed by atoms with E-state index in [1.807, 2.05) is 0 Å². The van der Waals surface area contributed by atoms with Gasteiger partial charge in [-0.15, -0.1) is 0 Å². The van der Waals surface area contributed by atoms with Crippen LogP contribution in [0.5, 0.6) is 0 Å². The fraction of sp³-hybridized carbons (Fsp3) is 0.333. The summed E-state index contributed by atoms with van der Waals surface area (Å²) in [6, 6.07) is 4.18. The number of fused-ring (bicyclic) bond motifs is 1. The molecule has 9 heteroatoms. The molecule has 0 aliphatic carbocycles. The molecule has 1 fully saturated rings. The van der Waals surface area contributed by atoms with Gasteiger partial charge in [-0.1, -0.05) is 0 Å². The molecule has 0 bridgehead atoms. The minimum Gasteiger partial charge on any atom is -0.340 e. The van der Waals surface area contributed by atoms with E-state index in [4.69, 9.17) is 5.73 Å². The van der Waals surface area contributed by atoms with E-state index in [1.165, 1.54) is 12.1 Å². The van der Waals surface area contributed by atoms with Crippen LogP contribution in [0.1, 0.15) is 12.1 Å². The van der Waals surface area contributed by atoms with Crippen molar-refractivity contribution in [3.8, 4) is 0 Å². The highest BCUT2D eigenvalue weighted by molar-refractivity contribution is 5.79. The molecule has 3 heterocycles. The number of rotatable bonds is 3. The van der Waals surface area contributed by atoms with E-state index in [9.17, 15) is 17.6 Å². The number of nitrogens with two attached hydrogens (primary N) is 1. The van der Waals surface area contributed by atoms with Crippen molar-refractivity contribution in [1.82, 2.24) is 14.5 Å². The van der Waals surface area contributed by atoms with Gasteiger partial charge >= 0.3 is 0 Å². The number of aromatic nitrogens is 3. The van der Waals surface area contributed by atoms with Crippen LogP contribution in [0, 0.1) is 17.5 Å². The molecule has 4 rings (SSSR count). The van der Waals surface area contributed by atoms with Crippen LogP contribution in [0.15, 0.2) is 30.5 Å². The maximum atomic E-state index is 13.8. The topological polar surface area (TPSA) is 60.0 Å². The summed E-state index contributed by atoms with van der Waals surface area (Å²) in [6.07, 6.45) is 0.216. The van der Waals surface area contributed by atoms with Gasteiger partial charge < -0.3 is 15.2 Å². The predicted octanol–water partition coefficient (Wildman–Crippen LogP) is 2.77. The zero-order valence-corrected chi connectivity index (χ0v) is 14.2. The zero-order chi connectivity index (χ0) is 19.1. The van der Waals surface area contributed by atoms with E-state index in [1.54, 1.807) is 9.47 Å². The van der Waals surface area contributed by atoms with Crippen molar-refractivity contribution in [3.63, 3.8) is 0 Å². The predicted molar refractivity (Wildman–Crippen MR) is 92.6 cm³/mol. The number of piperidine rings is 1. The summed E-state index contributed by atoms with van der Waals surface area (Å²) in [6.45, 7) is 0.772. The van der Waals surface area contributed by atoms with Crippen molar-refractivity contribution in [2.24, 2.45) is 5.73 Å². The maximum Gasteiger partial charge on any atom is 0.206 e. The summed E-state index contributed by atoms with van der Waals surface area (Å²) in [7, 11) is 0. The highest BCUT2D eigenvalue weighted by atomic mass is 19.2. The first-order chi connectivity index (χ1) is 12.9. The van der Waals surface area contributed by atoms with Gasteiger partial charge in [0.2, 0.25) is 5.95 Å². The van der Waals surface area contributed by atoms with Crippen molar-refractivity contribution in [2.45, 2.75) is 25.2 Å². The summed E-state index contributed by atoms with van der Waals surface area (Å²) in [5.74, 6) is -2.05. The number of pyridine rings is 1. The van der Waals surface area contributed by atoms with Gasteiger partial charge in [-0.3, -0.25) is 4.98 Å². The minimum atomic E-state index is -1.10. The summed E-state index contributed by atoms with van der Waals surface area (Å²) in [5, 5.41) is 0. The van der Waals surface area contributed by atoms with Crippen molar-refractivity contribution >= 4 is 17.0 Å².